The second-order valence-corrected chi connectivity index (χ2v) is 6.89. The van der Waals surface area contributed by atoms with Gasteiger partial charge in [0.05, 0.1) is 0 Å². The highest BCUT2D eigenvalue weighted by Crippen LogP contribution is 2.69. The van der Waals surface area contributed by atoms with E-state index in [9.17, 15) is 4.79 Å². The largest absolute Gasteiger partial charge is 0.326 e. The predicted molar refractivity (Wildman–Crippen MR) is 79.0 cm³/mol. The van der Waals surface area contributed by atoms with E-state index in [4.69, 9.17) is 0 Å². The molecule has 2 bridgehead atoms. The summed E-state index contributed by atoms with van der Waals surface area (Å²) in [6, 6.07) is 8.12. The molecule has 19 heavy (non-hydrogen) atoms. The summed E-state index contributed by atoms with van der Waals surface area (Å²) in [4.78, 5) is 12.3. The second-order valence-electron chi connectivity index (χ2n) is 6.33. The highest BCUT2D eigenvalue weighted by atomic mass is 79.9. The Morgan fingerprint density at radius 3 is 2.37 bits per heavy atom. The Balaban J connectivity index is 1.42. The van der Waals surface area contributed by atoms with Crippen LogP contribution in [0.15, 0.2) is 24.3 Å². The van der Waals surface area contributed by atoms with Crippen LogP contribution in [0.5, 0.6) is 0 Å². The Morgan fingerprint density at radius 1 is 1.16 bits per heavy atom. The lowest BCUT2D eigenvalue weighted by atomic mass is 10.0. The monoisotopic (exact) mass is 319 g/mol. The molecule has 0 heterocycles. The number of nitrogens with one attached hydrogen (secondary N) is 1. The van der Waals surface area contributed by atoms with Gasteiger partial charge >= 0.3 is 0 Å². The summed E-state index contributed by atoms with van der Waals surface area (Å²) in [6.07, 6.45) is 4.14. The van der Waals surface area contributed by atoms with Gasteiger partial charge in [0, 0.05) is 16.9 Å². The van der Waals surface area contributed by atoms with Gasteiger partial charge in [0.15, 0.2) is 0 Å². The molecule has 4 unspecified atom stereocenters. The van der Waals surface area contributed by atoms with Crippen molar-refractivity contribution in [3.63, 3.8) is 0 Å². The fourth-order valence-corrected chi connectivity index (χ4v) is 4.95. The molecule has 4 atom stereocenters. The summed E-state index contributed by atoms with van der Waals surface area (Å²) in [5.74, 6) is 3.75. The van der Waals surface area contributed by atoms with Gasteiger partial charge in [-0.25, -0.2) is 0 Å². The Bertz CT molecular complexity index is 496. The quantitative estimate of drug-likeness (QED) is 0.843. The number of carbonyl (C=O) groups excluding carboxylic acids is 1. The predicted octanol–water partition coefficient (Wildman–Crippen LogP) is 3.81. The molecule has 0 aromatic heterocycles. The Morgan fingerprint density at radius 2 is 1.79 bits per heavy atom. The molecule has 2 nitrogen and oxygen atoms in total. The summed E-state index contributed by atoms with van der Waals surface area (Å²) in [5.41, 5.74) is 2.17. The zero-order chi connectivity index (χ0) is 13.0. The van der Waals surface area contributed by atoms with Gasteiger partial charge in [0.1, 0.15) is 0 Å². The van der Waals surface area contributed by atoms with Gasteiger partial charge in [0.2, 0.25) is 5.91 Å². The number of amides is 1. The minimum Gasteiger partial charge on any atom is -0.326 e. The molecule has 3 saturated carbocycles. The molecule has 3 fully saturated rings. The Hall–Kier alpha value is -0.830. The van der Waals surface area contributed by atoms with Gasteiger partial charge in [-0.05, 0) is 60.6 Å². The highest BCUT2D eigenvalue weighted by molar-refractivity contribution is 9.08. The molecule has 3 aliphatic carbocycles. The normalized spacial score (nSPS) is 38.1. The maximum absolute atomic E-state index is 12.3. The van der Waals surface area contributed by atoms with Gasteiger partial charge in [-0.2, -0.15) is 0 Å². The van der Waals surface area contributed by atoms with E-state index in [2.05, 4.69) is 33.4 Å². The van der Waals surface area contributed by atoms with Crippen molar-refractivity contribution in [1.29, 1.82) is 0 Å². The first-order chi connectivity index (χ1) is 9.28. The number of hydrogen-bond acceptors (Lipinski definition) is 1. The lowest BCUT2D eigenvalue weighted by molar-refractivity contribution is -0.118. The molecule has 0 spiro atoms. The Kier molecular flexibility index (Phi) is 2.73. The van der Waals surface area contributed by atoms with Crippen molar-refractivity contribution >= 4 is 27.5 Å². The Labute approximate surface area is 122 Å². The van der Waals surface area contributed by atoms with Crippen LogP contribution in [0.4, 0.5) is 5.69 Å². The van der Waals surface area contributed by atoms with Gasteiger partial charge in [-0.1, -0.05) is 28.1 Å². The summed E-state index contributed by atoms with van der Waals surface area (Å²) in [5, 5.41) is 3.96. The van der Waals surface area contributed by atoms with Crippen molar-refractivity contribution in [1.82, 2.24) is 0 Å². The van der Waals surface area contributed by atoms with Crippen LogP contribution >= 0.6 is 15.9 Å². The van der Waals surface area contributed by atoms with Gasteiger partial charge < -0.3 is 5.32 Å². The fourth-order valence-electron chi connectivity index (χ4n) is 4.58. The van der Waals surface area contributed by atoms with Gasteiger partial charge in [0.25, 0.3) is 0 Å². The maximum atomic E-state index is 12.3. The van der Waals surface area contributed by atoms with E-state index in [0.29, 0.717) is 5.92 Å². The van der Waals surface area contributed by atoms with Crippen molar-refractivity contribution in [3.05, 3.63) is 29.8 Å². The third-order valence-corrected chi connectivity index (χ3v) is 6.06. The van der Waals surface area contributed by atoms with Crippen LogP contribution in [0.3, 0.4) is 0 Å². The van der Waals surface area contributed by atoms with Crippen LogP contribution in [0.1, 0.15) is 24.8 Å². The van der Waals surface area contributed by atoms with Crippen molar-refractivity contribution in [2.45, 2.75) is 24.6 Å². The maximum Gasteiger partial charge on any atom is 0.228 e. The molecule has 1 aromatic rings. The second kappa shape index (κ2) is 4.34. The summed E-state index contributed by atoms with van der Waals surface area (Å²) in [7, 11) is 0. The number of halogens is 1. The molecule has 4 rings (SSSR count). The number of alkyl halides is 1. The number of carbonyl (C=O) groups is 1. The van der Waals surface area contributed by atoms with Crippen LogP contribution in [-0.4, -0.2) is 5.91 Å². The van der Waals surface area contributed by atoms with Crippen LogP contribution < -0.4 is 5.32 Å². The number of rotatable bonds is 3. The third kappa shape index (κ3) is 1.85. The lowest BCUT2D eigenvalue weighted by Gasteiger charge is -2.10. The standard InChI is InChI=1S/C16H18BrNO/c17-8-9-1-5-12(6-2-9)18-16(19)15-13-10-3-4-11(7-10)14(13)15/h1-2,5-6,10-11,13-15H,3-4,7-8H2,(H,18,19). The summed E-state index contributed by atoms with van der Waals surface area (Å²) >= 11 is 3.43. The average molecular weight is 320 g/mol. The molecule has 0 saturated heterocycles. The molecule has 0 aliphatic heterocycles. The van der Waals surface area contributed by atoms with Crippen molar-refractivity contribution < 1.29 is 4.79 Å². The van der Waals surface area contributed by atoms with Crippen LogP contribution in [0.25, 0.3) is 0 Å². The lowest BCUT2D eigenvalue weighted by Crippen LogP contribution is -2.18. The van der Waals surface area contributed by atoms with E-state index in [0.717, 1.165) is 34.7 Å². The molecule has 0 radical (unpaired) electrons. The summed E-state index contributed by atoms with van der Waals surface area (Å²) in [6.45, 7) is 0. The number of anilines is 1. The molecular weight excluding hydrogens is 302 g/mol. The first kappa shape index (κ1) is 12.0. The molecule has 1 aromatic carbocycles. The number of benzene rings is 1. The molecule has 1 amide bonds. The molecule has 3 aliphatic rings. The summed E-state index contributed by atoms with van der Waals surface area (Å²) < 4.78 is 0. The zero-order valence-electron chi connectivity index (χ0n) is 10.8. The van der Waals surface area contributed by atoms with Crippen LogP contribution in [-0.2, 0) is 10.1 Å². The van der Waals surface area contributed by atoms with Gasteiger partial charge in [-0.15, -0.1) is 0 Å². The zero-order valence-corrected chi connectivity index (χ0v) is 12.4. The van der Waals surface area contributed by atoms with E-state index in [1.807, 2.05) is 12.1 Å². The smallest absolute Gasteiger partial charge is 0.228 e. The number of fused-ring (bicyclic) bond motifs is 5. The van der Waals surface area contributed by atoms with Crippen molar-refractivity contribution in [3.8, 4) is 0 Å². The van der Waals surface area contributed by atoms with E-state index in [1.54, 1.807) is 0 Å². The number of hydrogen-bond donors (Lipinski definition) is 1. The highest BCUT2D eigenvalue weighted by Gasteiger charge is 2.67. The van der Waals surface area contributed by atoms with Crippen molar-refractivity contribution in [2.75, 3.05) is 5.32 Å². The van der Waals surface area contributed by atoms with E-state index < -0.39 is 0 Å². The van der Waals surface area contributed by atoms with Crippen molar-refractivity contribution in [2.24, 2.45) is 29.6 Å². The third-order valence-electron chi connectivity index (χ3n) is 5.41. The minimum absolute atomic E-state index is 0.262. The first-order valence-electron chi connectivity index (χ1n) is 7.23. The minimum atomic E-state index is 0.262. The SMILES string of the molecule is O=C(Nc1ccc(CBr)cc1)C1C2C3CCC(C3)C12. The first-order valence-corrected chi connectivity index (χ1v) is 8.36. The molecular formula is C16H18BrNO. The topological polar surface area (TPSA) is 29.1 Å². The fraction of sp³-hybridized carbons (Fsp3) is 0.562. The van der Waals surface area contributed by atoms with E-state index >= 15 is 0 Å². The van der Waals surface area contributed by atoms with Crippen LogP contribution in [0.2, 0.25) is 0 Å². The van der Waals surface area contributed by atoms with Gasteiger partial charge in [-0.3, -0.25) is 4.79 Å². The molecule has 1 N–H and O–H groups in total. The molecule has 3 heteroatoms. The van der Waals surface area contributed by atoms with E-state index in [1.165, 1.54) is 24.8 Å². The molecule has 100 valence electrons. The average Bonchev–Trinajstić information content (AvgIpc) is 2.89. The van der Waals surface area contributed by atoms with E-state index in [-0.39, 0.29) is 5.91 Å². The van der Waals surface area contributed by atoms with Crippen LogP contribution in [0, 0.1) is 29.6 Å².